The van der Waals surface area contributed by atoms with Crippen LogP contribution in [0.4, 0.5) is 10.5 Å². The average molecular weight is 450 g/mol. The van der Waals surface area contributed by atoms with Crippen molar-refractivity contribution in [1.29, 1.82) is 0 Å². The van der Waals surface area contributed by atoms with Crippen LogP contribution in [0.25, 0.3) is 17.3 Å². The Morgan fingerprint density at radius 3 is 2.71 bits per heavy atom. The molecule has 0 radical (unpaired) electrons. The van der Waals surface area contributed by atoms with Gasteiger partial charge in [0, 0.05) is 41.0 Å². The first-order valence-electron chi connectivity index (χ1n) is 11.0. The zero-order valence-electron chi connectivity index (χ0n) is 18.4. The first kappa shape index (κ1) is 21.3. The highest BCUT2D eigenvalue weighted by molar-refractivity contribution is 6.08. The number of ether oxygens (including phenoxy) is 1. The smallest absolute Gasteiger partial charge is 0.414 e. The summed E-state index contributed by atoms with van der Waals surface area (Å²) in [7, 11) is 0. The summed E-state index contributed by atoms with van der Waals surface area (Å²) in [4.78, 5) is 30.5. The zero-order chi connectivity index (χ0) is 23.3. The number of ketones is 1. The van der Waals surface area contributed by atoms with E-state index in [4.69, 9.17) is 9.84 Å². The Balaban J connectivity index is 1.42. The minimum Gasteiger partial charge on any atom is -0.447 e. The molecular formula is C27H22N4O3. The van der Waals surface area contributed by atoms with E-state index < -0.39 is 6.09 Å². The lowest BCUT2D eigenvalue weighted by Crippen LogP contribution is -2.23. The molecule has 0 spiro atoms. The number of nitrogens with zero attached hydrogens (tertiary/aromatic N) is 4. The molecule has 1 fully saturated rings. The van der Waals surface area contributed by atoms with E-state index in [1.54, 1.807) is 42.7 Å². The normalized spacial score (nSPS) is 13.4. The standard InChI is InChI=1S/C27H22N4O3/c32-25(21-8-4-10-24(16-21)31-14-15-34-27(31)33)12-11-23-19-30(18-20-6-2-1-3-7-20)29-26(23)22-9-5-13-28-17-22/h1-13,16-17,19H,14-15,18H2. The Morgan fingerprint density at radius 2 is 1.94 bits per heavy atom. The van der Waals surface area contributed by atoms with E-state index in [0.717, 1.165) is 22.4 Å². The van der Waals surface area contributed by atoms with Gasteiger partial charge in [-0.1, -0.05) is 42.5 Å². The molecule has 2 aromatic heterocycles. The number of rotatable bonds is 7. The summed E-state index contributed by atoms with van der Waals surface area (Å²) in [5, 5.41) is 4.76. The maximum Gasteiger partial charge on any atom is 0.414 e. The zero-order valence-corrected chi connectivity index (χ0v) is 18.4. The van der Waals surface area contributed by atoms with Gasteiger partial charge in [-0.3, -0.25) is 19.4 Å². The minimum absolute atomic E-state index is 0.164. The van der Waals surface area contributed by atoms with Crippen LogP contribution in [0.15, 0.2) is 91.4 Å². The van der Waals surface area contributed by atoms with Crippen LogP contribution in [0, 0.1) is 0 Å². The number of anilines is 1. The molecule has 2 aromatic carbocycles. The predicted octanol–water partition coefficient (Wildman–Crippen LogP) is 4.85. The summed E-state index contributed by atoms with van der Waals surface area (Å²) in [6.07, 6.45) is 8.31. The van der Waals surface area contributed by atoms with Crippen LogP contribution in [-0.4, -0.2) is 39.8 Å². The van der Waals surface area contributed by atoms with Gasteiger partial charge >= 0.3 is 6.09 Å². The van der Waals surface area contributed by atoms with E-state index in [0.29, 0.717) is 30.9 Å². The number of hydrogen-bond donors (Lipinski definition) is 0. The van der Waals surface area contributed by atoms with E-state index in [2.05, 4.69) is 4.98 Å². The fourth-order valence-corrected chi connectivity index (χ4v) is 3.85. The lowest BCUT2D eigenvalue weighted by Gasteiger charge is -2.13. The van der Waals surface area contributed by atoms with Crippen LogP contribution in [0.5, 0.6) is 0 Å². The summed E-state index contributed by atoms with van der Waals surface area (Å²) < 4.78 is 6.86. The maximum atomic E-state index is 13.0. The quantitative estimate of drug-likeness (QED) is 0.297. The van der Waals surface area contributed by atoms with Gasteiger partial charge in [-0.25, -0.2) is 4.79 Å². The van der Waals surface area contributed by atoms with E-state index in [1.165, 1.54) is 11.0 Å². The molecule has 5 rings (SSSR count). The molecule has 3 heterocycles. The highest BCUT2D eigenvalue weighted by atomic mass is 16.6. The van der Waals surface area contributed by atoms with Gasteiger partial charge in [0.25, 0.3) is 0 Å². The van der Waals surface area contributed by atoms with Crippen molar-refractivity contribution in [2.45, 2.75) is 6.54 Å². The lowest BCUT2D eigenvalue weighted by atomic mass is 10.1. The Bertz CT molecular complexity index is 1350. The summed E-state index contributed by atoms with van der Waals surface area (Å²) in [5.74, 6) is -0.164. The van der Waals surface area contributed by atoms with E-state index in [1.807, 2.05) is 53.3 Å². The predicted molar refractivity (Wildman–Crippen MR) is 130 cm³/mol. The summed E-state index contributed by atoms with van der Waals surface area (Å²) >= 11 is 0. The molecule has 7 nitrogen and oxygen atoms in total. The van der Waals surface area contributed by atoms with Gasteiger partial charge < -0.3 is 4.74 Å². The van der Waals surface area contributed by atoms with Gasteiger partial charge in [0.05, 0.1) is 13.1 Å². The third-order valence-corrected chi connectivity index (χ3v) is 5.53. The number of benzene rings is 2. The van der Waals surface area contributed by atoms with Gasteiger partial charge in [0.15, 0.2) is 5.78 Å². The van der Waals surface area contributed by atoms with Crippen LogP contribution in [0.3, 0.4) is 0 Å². The number of hydrogen-bond acceptors (Lipinski definition) is 5. The first-order chi connectivity index (χ1) is 16.7. The maximum absolute atomic E-state index is 13.0. The van der Waals surface area contributed by atoms with Crippen molar-refractivity contribution in [2.75, 3.05) is 18.1 Å². The minimum atomic E-state index is -0.396. The van der Waals surface area contributed by atoms with Gasteiger partial charge in [-0.2, -0.15) is 5.10 Å². The van der Waals surface area contributed by atoms with Crippen molar-refractivity contribution in [2.24, 2.45) is 0 Å². The third kappa shape index (κ3) is 4.63. The van der Waals surface area contributed by atoms with E-state index in [-0.39, 0.29) is 5.78 Å². The van der Waals surface area contributed by atoms with Crippen molar-refractivity contribution in [3.63, 3.8) is 0 Å². The molecule has 4 aromatic rings. The van der Waals surface area contributed by atoms with Gasteiger partial charge in [-0.15, -0.1) is 0 Å². The summed E-state index contributed by atoms with van der Waals surface area (Å²) in [6, 6.07) is 20.9. The monoisotopic (exact) mass is 450 g/mol. The summed E-state index contributed by atoms with van der Waals surface area (Å²) in [5.41, 5.74) is 4.71. The largest absolute Gasteiger partial charge is 0.447 e. The van der Waals surface area contributed by atoms with Crippen molar-refractivity contribution in [3.05, 3.63) is 108 Å². The Hall–Kier alpha value is -4.52. The van der Waals surface area contributed by atoms with Crippen molar-refractivity contribution in [1.82, 2.24) is 14.8 Å². The lowest BCUT2D eigenvalue weighted by molar-refractivity contribution is 0.104. The molecular weight excluding hydrogens is 428 g/mol. The average Bonchev–Trinajstić information content (AvgIpc) is 3.49. The fourth-order valence-electron chi connectivity index (χ4n) is 3.85. The van der Waals surface area contributed by atoms with Crippen LogP contribution in [0.2, 0.25) is 0 Å². The second-order valence-electron chi connectivity index (χ2n) is 7.87. The van der Waals surface area contributed by atoms with Crippen molar-refractivity contribution < 1.29 is 14.3 Å². The Morgan fingerprint density at radius 1 is 1.06 bits per heavy atom. The second kappa shape index (κ2) is 9.54. The molecule has 1 saturated heterocycles. The number of allylic oxidation sites excluding steroid dienone is 1. The molecule has 0 aliphatic carbocycles. The van der Waals surface area contributed by atoms with E-state index in [9.17, 15) is 9.59 Å². The molecule has 1 amide bonds. The molecule has 0 atom stereocenters. The van der Waals surface area contributed by atoms with Crippen molar-refractivity contribution >= 4 is 23.6 Å². The van der Waals surface area contributed by atoms with Gasteiger partial charge in [0.1, 0.15) is 12.3 Å². The highest BCUT2D eigenvalue weighted by Gasteiger charge is 2.23. The third-order valence-electron chi connectivity index (χ3n) is 5.53. The van der Waals surface area contributed by atoms with Crippen LogP contribution in [0.1, 0.15) is 21.5 Å². The van der Waals surface area contributed by atoms with Crippen LogP contribution < -0.4 is 4.90 Å². The Kier molecular flexibility index (Phi) is 5.99. The first-order valence-corrected chi connectivity index (χ1v) is 11.0. The topological polar surface area (TPSA) is 77.3 Å². The number of aromatic nitrogens is 3. The fraction of sp³-hybridized carbons (Fsp3) is 0.111. The van der Waals surface area contributed by atoms with Crippen LogP contribution in [-0.2, 0) is 11.3 Å². The molecule has 168 valence electrons. The molecule has 34 heavy (non-hydrogen) atoms. The molecule has 0 saturated carbocycles. The van der Waals surface area contributed by atoms with E-state index >= 15 is 0 Å². The molecule has 7 heteroatoms. The Labute approximate surface area is 196 Å². The number of amides is 1. The molecule has 0 bridgehead atoms. The number of carbonyl (C=O) groups is 2. The van der Waals surface area contributed by atoms with Crippen molar-refractivity contribution in [3.8, 4) is 11.3 Å². The van der Waals surface area contributed by atoms with Gasteiger partial charge in [0.2, 0.25) is 0 Å². The molecule has 0 N–H and O–H groups in total. The molecule has 0 unspecified atom stereocenters. The van der Waals surface area contributed by atoms with Crippen LogP contribution >= 0.6 is 0 Å². The SMILES string of the molecule is O=C(C=Cc1cn(Cc2ccccc2)nc1-c1cccnc1)c1cccc(N2CCOC2=O)c1. The second-order valence-corrected chi connectivity index (χ2v) is 7.87. The number of cyclic esters (lactones) is 1. The molecule has 1 aliphatic rings. The number of carbonyl (C=O) groups excluding carboxylic acids is 2. The summed E-state index contributed by atoms with van der Waals surface area (Å²) in [6.45, 7) is 1.44. The molecule has 1 aliphatic heterocycles. The van der Waals surface area contributed by atoms with Gasteiger partial charge in [-0.05, 0) is 42.0 Å². The highest BCUT2D eigenvalue weighted by Crippen LogP contribution is 2.24. The number of pyridine rings is 1.